The number of nitrogens with one attached hydrogen (secondary N) is 1. The summed E-state index contributed by atoms with van der Waals surface area (Å²) in [7, 11) is 2.08. The number of rotatable bonds is 7. The minimum Gasteiger partial charge on any atom is -0.316 e. The van der Waals surface area contributed by atoms with Crippen LogP contribution in [0.15, 0.2) is 30.3 Å². The van der Waals surface area contributed by atoms with Crippen LogP contribution in [0.3, 0.4) is 0 Å². The summed E-state index contributed by atoms with van der Waals surface area (Å²) >= 11 is 0. The molecule has 0 aliphatic heterocycles. The average Bonchev–Trinajstić information content (AvgIpc) is 2.35. The third kappa shape index (κ3) is 3.85. The van der Waals surface area contributed by atoms with E-state index in [1.165, 1.54) is 31.2 Å². The number of hydrogen-bond acceptors (Lipinski definition) is 1. The maximum Gasteiger partial charge on any atom is 0.0156 e. The molecule has 0 aromatic heterocycles. The first kappa shape index (κ1) is 14.2. The van der Waals surface area contributed by atoms with Gasteiger partial charge in [0.2, 0.25) is 0 Å². The van der Waals surface area contributed by atoms with Gasteiger partial charge >= 0.3 is 0 Å². The number of unbranched alkanes of at least 4 members (excludes halogenated alkanes) is 2. The highest BCUT2D eigenvalue weighted by Crippen LogP contribution is 2.29. The number of benzene rings is 1. The molecule has 1 nitrogen and oxygen atoms in total. The molecule has 96 valence electrons. The topological polar surface area (TPSA) is 12.0 Å². The molecule has 0 saturated heterocycles. The molecule has 1 aromatic carbocycles. The van der Waals surface area contributed by atoms with Crippen LogP contribution in [0, 0.1) is 0 Å². The van der Waals surface area contributed by atoms with E-state index in [1.807, 2.05) is 0 Å². The van der Waals surface area contributed by atoms with Crippen LogP contribution in [0.5, 0.6) is 0 Å². The van der Waals surface area contributed by atoms with Gasteiger partial charge in [-0.2, -0.15) is 0 Å². The van der Waals surface area contributed by atoms with Crippen molar-refractivity contribution in [2.75, 3.05) is 7.05 Å². The van der Waals surface area contributed by atoms with Crippen molar-refractivity contribution in [3.63, 3.8) is 0 Å². The summed E-state index contributed by atoms with van der Waals surface area (Å²) in [5, 5.41) is 3.50. The molecule has 0 radical (unpaired) electrons. The van der Waals surface area contributed by atoms with Gasteiger partial charge in [0.15, 0.2) is 0 Å². The molecule has 1 atom stereocenters. The largest absolute Gasteiger partial charge is 0.316 e. The SMILES string of the molecule is CCCCCC(NC)C(C)(C)c1ccccc1. The third-order valence-electron chi connectivity index (χ3n) is 3.83. The van der Waals surface area contributed by atoms with Gasteiger partial charge in [-0.15, -0.1) is 0 Å². The monoisotopic (exact) mass is 233 g/mol. The minimum atomic E-state index is 0.198. The molecule has 0 aliphatic carbocycles. The first-order valence-electron chi connectivity index (χ1n) is 6.85. The molecular weight excluding hydrogens is 206 g/mol. The van der Waals surface area contributed by atoms with Crippen molar-refractivity contribution >= 4 is 0 Å². The highest BCUT2D eigenvalue weighted by molar-refractivity contribution is 5.25. The van der Waals surface area contributed by atoms with E-state index >= 15 is 0 Å². The zero-order valence-corrected chi connectivity index (χ0v) is 11.8. The van der Waals surface area contributed by atoms with Gasteiger partial charge in [-0.05, 0) is 19.0 Å². The molecule has 0 saturated carbocycles. The van der Waals surface area contributed by atoms with Crippen LogP contribution >= 0.6 is 0 Å². The third-order valence-corrected chi connectivity index (χ3v) is 3.83. The second kappa shape index (κ2) is 6.80. The summed E-state index contributed by atoms with van der Waals surface area (Å²) in [6, 6.07) is 11.4. The van der Waals surface area contributed by atoms with Crippen LogP contribution in [0.2, 0.25) is 0 Å². The maximum atomic E-state index is 3.50. The fraction of sp³-hybridized carbons (Fsp3) is 0.625. The lowest BCUT2D eigenvalue weighted by molar-refractivity contribution is 0.331. The van der Waals surface area contributed by atoms with Crippen LogP contribution < -0.4 is 5.32 Å². The van der Waals surface area contributed by atoms with E-state index in [0.717, 1.165) is 0 Å². The smallest absolute Gasteiger partial charge is 0.0156 e. The lowest BCUT2D eigenvalue weighted by Gasteiger charge is -2.35. The molecule has 17 heavy (non-hydrogen) atoms. The van der Waals surface area contributed by atoms with E-state index in [4.69, 9.17) is 0 Å². The van der Waals surface area contributed by atoms with Crippen molar-refractivity contribution in [2.45, 2.75) is 57.9 Å². The zero-order chi connectivity index (χ0) is 12.7. The Morgan fingerprint density at radius 1 is 1.12 bits per heavy atom. The summed E-state index contributed by atoms with van der Waals surface area (Å²) < 4.78 is 0. The Balaban J connectivity index is 2.72. The van der Waals surface area contributed by atoms with Gasteiger partial charge in [-0.1, -0.05) is 70.4 Å². The first-order chi connectivity index (χ1) is 8.12. The number of likely N-dealkylation sites (N-methyl/N-ethyl adjacent to an activating group) is 1. The molecule has 1 N–H and O–H groups in total. The summed E-state index contributed by atoms with van der Waals surface area (Å²) in [6.45, 7) is 6.95. The molecule has 1 aromatic rings. The Kier molecular flexibility index (Phi) is 5.70. The Morgan fingerprint density at radius 2 is 1.76 bits per heavy atom. The molecule has 0 fully saturated rings. The summed E-state index contributed by atoms with van der Waals surface area (Å²) in [5.41, 5.74) is 1.62. The second-order valence-corrected chi connectivity index (χ2v) is 5.42. The van der Waals surface area contributed by atoms with Gasteiger partial charge in [-0.25, -0.2) is 0 Å². The van der Waals surface area contributed by atoms with Crippen LogP contribution in [0.25, 0.3) is 0 Å². The molecule has 1 rings (SSSR count). The molecular formula is C16H27N. The molecule has 1 heteroatoms. The van der Waals surface area contributed by atoms with Crippen molar-refractivity contribution in [2.24, 2.45) is 0 Å². The summed E-state index contributed by atoms with van der Waals surface area (Å²) in [5.74, 6) is 0. The van der Waals surface area contributed by atoms with Gasteiger partial charge in [0, 0.05) is 11.5 Å². The Morgan fingerprint density at radius 3 is 2.29 bits per heavy atom. The van der Waals surface area contributed by atoms with E-state index in [2.05, 4.69) is 63.5 Å². The highest BCUT2D eigenvalue weighted by atomic mass is 14.9. The second-order valence-electron chi connectivity index (χ2n) is 5.42. The molecule has 0 aliphatic rings. The van der Waals surface area contributed by atoms with Crippen LogP contribution in [0.4, 0.5) is 0 Å². The zero-order valence-electron chi connectivity index (χ0n) is 11.8. The van der Waals surface area contributed by atoms with Crippen LogP contribution in [0.1, 0.15) is 52.0 Å². The Hall–Kier alpha value is -0.820. The van der Waals surface area contributed by atoms with Crippen molar-refractivity contribution in [3.8, 4) is 0 Å². The van der Waals surface area contributed by atoms with Crippen molar-refractivity contribution in [3.05, 3.63) is 35.9 Å². The lowest BCUT2D eigenvalue weighted by atomic mass is 9.76. The maximum absolute atomic E-state index is 3.50. The van der Waals surface area contributed by atoms with Gasteiger partial charge in [0.25, 0.3) is 0 Å². The fourth-order valence-corrected chi connectivity index (χ4v) is 2.53. The predicted octanol–water partition coefficient (Wildman–Crippen LogP) is 4.13. The standard InChI is InChI=1S/C16H27N/c1-5-6-8-13-15(17-4)16(2,3)14-11-9-7-10-12-14/h7,9-12,15,17H,5-6,8,13H2,1-4H3. The average molecular weight is 233 g/mol. The quantitative estimate of drug-likeness (QED) is 0.698. The molecule has 0 spiro atoms. The predicted molar refractivity (Wildman–Crippen MR) is 76.5 cm³/mol. The van der Waals surface area contributed by atoms with Crippen molar-refractivity contribution < 1.29 is 0 Å². The number of hydrogen-bond donors (Lipinski definition) is 1. The molecule has 1 unspecified atom stereocenters. The van der Waals surface area contributed by atoms with Gasteiger partial charge < -0.3 is 5.32 Å². The Bertz CT molecular complexity index is 303. The van der Waals surface area contributed by atoms with Gasteiger partial charge in [0.1, 0.15) is 0 Å². The van der Waals surface area contributed by atoms with Gasteiger partial charge in [-0.3, -0.25) is 0 Å². The van der Waals surface area contributed by atoms with E-state index < -0.39 is 0 Å². The van der Waals surface area contributed by atoms with Gasteiger partial charge in [0.05, 0.1) is 0 Å². The first-order valence-corrected chi connectivity index (χ1v) is 6.85. The minimum absolute atomic E-state index is 0.198. The molecule has 0 bridgehead atoms. The highest BCUT2D eigenvalue weighted by Gasteiger charge is 2.29. The van der Waals surface area contributed by atoms with E-state index in [1.54, 1.807) is 0 Å². The van der Waals surface area contributed by atoms with Crippen molar-refractivity contribution in [1.82, 2.24) is 5.32 Å². The van der Waals surface area contributed by atoms with Crippen LogP contribution in [-0.4, -0.2) is 13.1 Å². The normalized spacial score (nSPS) is 13.6. The van der Waals surface area contributed by atoms with Crippen LogP contribution in [-0.2, 0) is 5.41 Å². The Labute approximate surface area is 107 Å². The van der Waals surface area contributed by atoms with E-state index in [9.17, 15) is 0 Å². The summed E-state index contributed by atoms with van der Waals surface area (Å²) in [4.78, 5) is 0. The molecule has 0 amide bonds. The van der Waals surface area contributed by atoms with E-state index in [-0.39, 0.29) is 5.41 Å². The fourth-order valence-electron chi connectivity index (χ4n) is 2.53. The van der Waals surface area contributed by atoms with Crippen molar-refractivity contribution in [1.29, 1.82) is 0 Å². The summed E-state index contributed by atoms with van der Waals surface area (Å²) in [6.07, 6.45) is 5.20. The van der Waals surface area contributed by atoms with E-state index in [0.29, 0.717) is 6.04 Å². The molecule has 0 heterocycles. The lowest BCUT2D eigenvalue weighted by Crippen LogP contribution is -2.43.